The number of methoxy groups -OCH3 is 1. The highest BCUT2D eigenvalue weighted by atomic mass is 79.9. The van der Waals surface area contributed by atoms with Crippen LogP contribution < -0.4 is 10.1 Å². The molecule has 0 fully saturated rings. The molecule has 2 heterocycles. The van der Waals surface area contributed by atoms with Crippen LogP contribution in [0.1, 0.15) is 10.5 Å². The minimum atomic E-state index is -0.744. The Morgan fingerprint density at radius 1 is 1.55 bits per heavy atom. The number of anilines is 1. The lowest BCUT2D eigenvalue weighted by atomic mass is 10.3. The number of hydrogen-bond acceptors (Lipinski definition) is 6. The highest BCUT2D eigenvalue weighted by Gasteiger charge is 2.30. The predicted octanol–water partition coefficient (Wildman–Crippen LogP) is 1.74. The molecule has 0 saturated carbocycles. The fourth-order valence-electron chi connectivity index (χ4n) is 1.42. The van der Waals surface area contributed by atoms with Gasteiger partial charge in [0.2, 0.25) is 5.69 Å². The van der Waals surface area contributed by atoms with Crippen LogP contribution in [0.5, 0.6) is 5.88 Å². The first-order valence-corrected chi connectivity index (χ1v) is 6.02. The third-order valence-corrected chi connectivity index (χ3v) is 2.75. The molecular weight excluding hydrogens is 334 g/mol. The zero-order valence-corrected chi connectivity index (χ0v) is 11.7. The number of aromatic nitrogens is 3. The van der Waals surface area contributed by atoms with Gasteiger partial charge in [-0.05, 0) is 28.1 Å². The van der Waals surface area contributed by atoms with E-state index in [1.807, 2.05) is 0 Å². The van der Waals surface area contributed by atoms with E-state index in [1.54, 1.807) is 12.1 Å². The summed E-state index contributed by atoms with van der Waals surface area (Å²) in [4.78, 5) is 26.1. The minimum absolute atomic E-state index is 0.251. The first-order chi connectivity index (χ1) is 9.52. The molecule has 0 radical (unpaired) electrons. The van der Waals surface area contributed by atoms with Crippen molar-refractivity contribution in [1.82, 2.24) is 15.2 Å². The van der Waals surface area contributed by atoms with E-state index in [0.717, 1.165) is 4.47 Å². The van der Waals surface area contributed by atoms with Crippen molar-refractivity contribution in [2.75, 3.05) is 12.4 Å². The molecule has 2 N–H and O–H groups in total. The Morgan fingerprint density at radius 2 is 2.30 bits per heavy atom. The predicted molar refractivity (Wildman–Crippen MR) is 71.7 cm³/mol. The molecule has 0 spiro atoms. The van der Waals surface area contributed by atoms with Gasteiger partial charge in [-0.2, -0.15) is 0 Å². The van der Waals surface area contributed by atoms with Gasteiger partial charge in [0, 0.05) is 10.7 Å². The van der Waals surface area contributed by atoms with E-state index in [2.05, 4.69) is 36.4 Å². The SMILES string of the molecule is COc1n[nH]c(C(=O)Nc2ccc(Br)cn2)c1[N+](=O)[O-]. The van der Waals surface area contributed by atoms with Crippen molar-refractivity contribution in [2.45, 2.75) is 0 Å². The normalized spacial score (nSPS) is 10.1. The van der Waals surface area contributed by atoms with Crippen molar-refractivity contribution in [1.29, 1.82) is 0 Å². The van der Waals surface area contributed by atoms with Crippen molar-refractivity contribution >= 4 is 33.3 Å². The summed E-state index contributed by atoms with van der Waals surface area (Å²) >= 11 is 3.20. The summed E-state index contributed by atoms with van der Waals surface area (Å²) in [6.45, 7) is 0. The van der Waals surface area contributed by atoms with Crippen LogP contribution in [0.3, 0.4) is 0 Å². The number of ether oxygens (including phenoxy) is 1. The van der Waals surface area contributed by atoms with Crippen LogP contribution in [-0.4, -0.2) is 33.1 Å². The standard InChI is InChI=1S/C10H8BrN5O4/c1-20-10-8(16(18)19)7(14-15-10)9(17)13-6-3-2-5(11)4-12-6/h2-4H,1H3,(H,14,15)(H,12,13,17). The van der Waals surface area contributed by atoms with E-state index in [0.29, 0.717) is 0 Å². The van der Waals surface area contributed by atoms with Gasteiger partial charge < -0.3 is 10.1 Å². The molecule has 10 heteroatoms. The second kappa shape index (κ2) is 5.65. The lowest BCUT2D eigenvalue weighted by molar-refractivity contribution is -0.386. The van der Waals surface area contributed by atoms with E-state index in [4.69, 9.17) is 4.74 Å². The molecular formula is C10H8BrN5O4. The van der Waals surface area contributed by atoms with Crippen LogP contribution >= 0.6 is 15.9 Å². The van der Waals surface area contributed by atoms with E-state index < -0.39 is 16.5 Å². The number of nitrogens with zero attached hydrogens (tertiary/aromatic N) is 3. The topological polar surface area (TPSA) is 123 Å². The summed E-state index contributed by atoms with van der Waals surface area (Å²) in [7, 11) is 1.22. The van der Waals surface area contributed by atoms with Gasteiger partial charge in [0.05, 0.1) is 12.0 Å². The maximum Gasteiger partial charge on any atom is 0.362 e. The van der Waals surface area contributed by atoms with E-state index in [-0.39, 0.29) is 17.4 Å². The highest BCUT2D eigenvalue weighted by Crippen LogP contribution is 2.28. The van der Waals surface area contributed by atoms with Gasteiger partial charge in [-0.25, -0.2) is 4.98 Å². The van der Waals surface area contributed by atoms with E-state index in [9.17, 15) is 14.9 Å². The second-order valence-corrected chi connectivity index (χ2v) is 4.45. The minimum Gasteiger partial charge on any atom is -0.475 e. The number of aromatic amines is 1. The fourth-order valence-corrected chi connectivity index (χ4v) is 1.65. The molecule has 0 aliphatic carbocycles. The summed E-state index contributed by atoms with van der Waals surface area (Å²) in [6.07, 6.45) is 1.48. The Morgan fingerprint density at radius 3 is 2.85 bits per heavy atom. The maximum absolute atomic E-state index is 12.0. The molecule has 1 amide bonds. The molecule has 2 aromatic heterocycles. The average Bonchev–Trinajstić information content (AvgIpc) is 2.85. The number of H-pyrrole nitrogens is 1. The van der Waals surface area contributed by atoms with Crippen LogP contribution in [-0.2, 0) is 0 Å². The number of hydrogen-bond donors (Lipinski definition) is 2. The van der Waals surface area contributed by atoms with Crippen molar-refractivity contribution < 1.29 is 14.5 Å². The number of pyridine rings is 1. The zero-order valence-electron chi connectivity index (χ0n) is 10.1. The Hall–Kier alpha value is -2.49. The molecule has 0 atom stereocenters. The molecule has 0 aliphatic heterocycles. The van der Waals surface area contributed by atoms with Crippen molar-refractivity contribution in [3.8, 4) is 5.88 Å². The summed E-state index contributed by atoms with van der Waals surface area (Å²) < 4.78 is 5.46. The van der Waals surface area contributed by atoms with Crippen LogP contribution in [0.15, 0.2) is 22.8 Å². The van der Waals surface area contributed by atoms with Crippen LogP contribution in [0.2, 0.25) is 0 Å². The molecule has 2 aromatic rings. The molecule has 104 valence electrons. The summed E-state index contributed by atoms with van der Waals surface area (Å²) in [5.41, 5.74) is -0.835. The van der Waals surface area contributed by atoms with Crippen molar-refractivity contribution in [3.63, 3.8) is 0 Å². The van der Waals surface area contributed by atoms with Gasteiger partial charge in [0.15, 0.2) is 0 Å². The molecule has 9 nitrogen and oxygen atoms in total. The van der Waals surface area contributed by atoms with Crippen molar-refractivity contribution in [3.05, 3.63) is 38.6 Å². The van der Waals surface area contributed by atoms with Gasteiger partial charge in [-0.3, -0.25) is 20.0 Å². The van der Waals surface area contributed by atoms with Gasteiger partial charge >= 0.3 is 11.6 Å². The number of halogens is 1. The second-order valence-electron chi connectivity index (χ2n) is 3.53. The van der Waals surface area contributed by atoms with Crippen LogP contribution in [0.25, 0.3) is 0 Å². The Labute approximate surface area is 120 Å². The third kappa shape index (κ3) is 2.74. The first-order valence-electron chi connectivity index (χ1n) is 5.22. The average molecular weight is 342 g/mol. The van der Waals surface area contributed by atoms with Gasteiger partial charge in [0.1, 0.15) is 5.82 Å². The maximum atomic E-state index is 12.0. The number of carbonyl (C=O) groups excluding carboxylic acids is 1. The van der Waals surface area contributed by atoms with Gasteiger partial charge in [-0.15, -0.1) is 5.10 Å². The monoisotopic (exact) mass is 341 g/mol. The number of carbonyl (C=O) groups is 1. The quantitative estimate of drug-likeness (QED) is 0.644. The summed E-state index contributed by atoms with van der Waals surface area (Å²) in [5.74, 6) is -0.743. The van der Waals surface area contributed by atoms with Crippen LogP contribution in [0.4, 0.5) is 11.5 Å². The van der Waals surface area contributed by atoms with Gasteiger partial charge in [0.25, 0.3) is 5.91 Å². The Bertz CT molecular complexity index is 654. The molecule has 0 bridgehead atoms. The summed E-state index contributed by atoms with van der Waals surface area (Å²) in [6, 6.07) is 3.21. The first kappa shape index (κ1) is 13.9. The number of nitro groups is 1. The lowest BCUT2D eigenvalue weighted by Crippen LogP contribution is -2.15. The molecule has 0 aliphatic rings. The number of nitrogens with one attached hydrogen (secondary N) is 2. The summed E-state index contributed by atoms with van der Waals surface area (Å²) in [5, 5.41) is 19.2. The van der Waals surface area contributed by atoms with E-state index >= 15 is 0 Å². The smallest absolute Gasteiger partial charge is 0.362 e. The van der Waals surface area contributed by atoms with Gasteiger partial charge in [-0.1, -0.05) is 0 Å². The van der Waals surface area contributed by atoms with E-state index in [1.165, 1.54) is 13.3 Å². The fraction of sp³-hybridized carbons (Fsp3) is 0.100. The van der Waals surface area contributed by atoms with Crippen LogP contribution in [0, 0.1) is 10.1 Å². The third-order valence-electron chi connectivity index (χ3n) is 2.28. The number of rotatable bonds is 4. The zero-order chi connectivity index (χ0) is 14.7. The molecule has 2 rings (SSSR count). The Balaban J connectivity index is 2.27. The molecule has 0 saturated heterocycles. The van der Waals surface area contributed by atoms with Crippen molar-refractivity contribution in [2.24, 2.45) is 0 Å². The highest BCUT2D eigenvalue weighted by molar-refractivity contribution is 9.10. The largest absolute Gasteiger partial charge is 0.475 e. The lowest BCUT2D eigenvalue weighted by Gasteiger charge is -2.02. The Kier molecular flexibility index (Phi) is 3.94. The molecule has 0 aromatic carbocycles. The molecule has 0 unspecified atom stereocenters. The number of amides is 1. The molecule has 20 heavy (non-hydrogen) atoms.